The van der Waals surface area contributed by atoms with E-state index >= 15 is 0 Å². The molecule has 0 saturated carbocycles. The standard InChI is InChI=1S/C21H29N3O3S/c1-15(19(27-2)18-9-6-11-24(18)14-25)20(26)23-17(21-22-10-12-28-21)13-16-7-4-3-5-8-16/h4,7-8,10,12,14-15,17-19H,3,5-6,9,11,13H2,1-2H3,(H,23,26). The van der Waals surface area contributed by atoms with Gasteiger partial charge in [-0.2, -0.15) is 0 Å². The molecule has 0 aromatic carbocycles. The molecule has 1 aromatic heterocycles. The Labute approximate surface area is 170 Å². The first-order valence-electron chi connectivity index (χ1n) is 9.93. The van der Waals surface area contributed by atoms with Crippen LogP contribution in [0, 0.1) is 5.92 Å². The molecule has 7 heteroatoms. The van der Waals surface area contributed by atoms with Crippen molar-refractivity contribution < 1.29 is 14.3 Å². The van der Waals surface area contributed by atoms with E-state index < -0.39 is 0 Å². The van der Waals surface area contributed by atoms with Crippen molar-refractivity contribution >= 4 is 23.7 Å². The summed E-state index contributed by atoms with van der Waals surface area (Å²) in [5.74, 6) is -0.431. The van der Waals surface area contributed by atoms with E-state index in [0.29, 0.717) is 0 Å². The first-order chi connectivity index (χ1) is 13.6. The zero-order valence-corrected chi connectivity index (χ0v) is 17.4. The van der Waals surface area contributed by atoms with Crippen LogP contribution in [0.5, 0.6) is 0 Å². The van der Waals surface area contributed by atoms with Gasteiger partial charge in [0.25, 0.3) is 0 Å². The van der Waals surface area contributed by atoms with Crippen molar-refractivity contribution in [2.75, 3.05) is 13.7 Å². The van der Waals surface area contributed by atoms with Gasteiger partial charge in [0.2, 0.25) is 12.3 Å². The molecule has 28 heavy (non-hydrogen) atoms. The summed E-state index contributed by atoms with van der Waals surface area (Å²) in [5, 5.41) is 6.02. The van der Waals surface area contributed by atoms with Crippen LogP contribution in [0.1, 0.15) is 50.1 Å². The number of carbonyl (C=O) groups is 2. The first kappa shape index (κ1) is 20.7. The second-order valence-corrected chi connectivity index (χ2v) is 8.36. The van der Waals surface area contributed by atoms with Crippen molar-refractivity contribution in [3.05, 3.63) is 40.4 Å². The second kappa shape index (κ2) is 9.98. The SMILES string of the molecule is COC(C(C)C(=O)NC(CC1=CCCC=C1)c1nccs1)C1CCCN1C=O. The summed E-state index contributed by atoms with van der Waals surface area (Å²) in [6, 6.07) is -0.210. The minimum Gasteiger partial charge on any atom is -0.378 e. The minimum absolute atomic E-state index is 0.0504. The monoisotopic (exact) mass is 403 g/mol. The summed E-state index contributed by atoms with van der Waals surface area (Å²) in [7, 11) is 1.62. The smallest absolute Gasteiger partial charge is 0.226 e. The normalized spacial score (nSPS) is 22.4. The van der Waals surface area contributed by atoms with Gasteiger partial charge in [0.05, 0.1) is 24.1 Å². The van der Waals surface area contributed by atoms with Gasteiger partial charge in [0.1, 0.15) is 5.01 Å². The van der Waals surface area contributed by atoms with Gasteiger partial charge in [-0.15, -0.1) is 11.3 Å². The van der Waals surface area contributed by atoms with Crippen LogP contribution in [0.3, 0.4) is 0 Å². The lowest BCUT2D eigenvalue weighted by molar-refractivity contribution is -0.134. The summed E-state index contributed by atoms with van der Waals surface area (Å²) in [6.07, 6.45) is 13.5. The average Bonchev–Trinajstić information content (AvgIpc) is 3.41. The number of thiazole rings is 1. The Morgan fingerprint density at radius 1 is 1.50 bits per heavy atom. The number of likely N-dealkylation sites (tertiary alicyclic amines) is 1. The van der Waals surface area contributed by atoms with E-state index in [9.17, 15) is 9.59 Å². The summed E-state index contributed by atoms with van der Waals surface area (Å²) >= 11 is 1.55. The zero-order valence-electron chi connectivity index (χ0n) is 16.5. The van der Waals surface area contributed by atoms with E-state index in [-0.39, 0.29) is 30.0 Å². The summed E-state index contributed by atoms with van der Waals surface area (Å²) in [4.78, 5) is 30.6. The van der Waals surface area contributed by atoms with Crippen LogP contribution in [-0.4, -0.2) is 48.0 Å². The predicted octanol–water partition coefficient (Wildman–Crippen LogP) is 3.24. The molecule has 0 spiro atoms. The molecule has 6 nitrogen and oxygen atoms in total. The van der Waals surface area contributed by atoms with Crippen LogP contribution < -0.4 is 5.32 Å². The molecule has 1 fully saturated rings. The molecule has 152 valence electrons. The Bertz CT molecular complexity index is 716. The maximum absolute atomic E-state index is 13.1. The maximum Gasteiger partial charge on any atom is 0.226 e. The Hall–Kier alpha value is -1.99. The molecular weight excluding hydrogens is 374 g/mol. The molecule has 3 rings (SSSR count). The number of nitrogens with one attached hydrogen (secondary N) is 1. The highest BCUT2D eigenvalue weighted by Gasteiger charge is 2.37. The number of amides is 2. The number of carbonyl (C=O) groups excluding carboxylic acids is 2. The second-order valence-electron chi connectivity index (χ2n) is 7.44. The fourth-order valence-electron chi connectivity index (χ4n) is 4.11. The van der Waals surface area contributed by atoms with Gasteiger partial charge >= 0.3 is 0 Å². The van der Waals surface area contributed by atoms with Gasteiger partial charge in [0.15, 0.2) is 0 Å². The van der Waals surface area contributed by atoms with Gasteiger partial charge in [-0.05, 0) is 37.7 Å². The quantitative estimate of drug-likeness (QED) is 0.643. The molecule has 1 saturated heterocycles. The Morgan fingerprint density at radius 2 is 2.36 bits per heavy atom. The van der Waals surface area contributed by atoms with Crippen molar-refractivity contribution in [2.45, 2.75) is 57.2 Å². The van der Waals surface area contributed by atoms with Crippen molar-refractivity contribution in [3.63, 3.8) is 0 Å². The number of hydrogen-bond donors (Lipinski definition) is 1. The topological polar surface area (TPSA) is 71.5 Å². The summed E-state index contributed by atoms with van der Waals surface area (Å²) in [6.45, 7) is 2.61. The lowest BCUT2D eigenvalue weighted by Gasteiger charge is -2.32. The number of ether oxygens (including phenoxy) is 1. The Balaban J connectivity index is 1.70. The molecule has 2 heterocycles. The van der Waals surface area contributed by atoms with Gasteiger partial charge in [-0.3, -0.25) is 9.59 Å². The van der Waals surface area contributed by atoms with E-state index in [1.54, 1.807) is 29.5 Å². The molecule has 2 aliphatic rings. The van der Waals surface area contributed by atoms with Gasteiger partial charge in [-0.1, -0.05) is 25.2 Å². The van der Waals surface area contributed by atoms with Crippen LogP contribution in [-0.2, 0) is 14.3 Å². The zero-order chi connectivity index (χ0) is 19.9. The van der Waals surface area contributed by atoms with Gasteiger partial charge in [0, 0.05) is 25.2 Å². The average molecular weight is 404 g/mol. The fraction of sp³-hybridized carbons (Fsp3) is 0.571. The Morgan fingerprint density at radius 3 is 3.00 bits per heavy atom. The van der Waals surface area contributed by atoms with E-state index in [4.69, 9.17) is 4.74 Å². The molecule has 0 radical (unpaired) electrons. The largest absolute Gasteiger partial charge is 0.378 e. The molecule has 1 aliphatic heterocycles. The van der Waals surface area contributed by atoms with E-state index in [0.717, 1.165) is 50.1 Å². The van der Waals surface area contributed by atoms with Gasteiger partial charge in [-0.25, -0.2) is 4.98 Å². The van der Waals surface area contributed by atoms with Gasteiger partial charge < -0.3 is 15.0 Å². The number of allylic oxidation sites excluding steroid dienone is 3. The van der Waals surface area contributed by atoms with E-state index in [1.807, 2.05) is 12.3 Å². The van der Waals surface area contributed by atoms with E-state index in [1.165, 1.54) is 5.57 Å². The molecule has 1 N–H and O–H groups in total. The van der Waals surface area contributed by atoms with Crippen molar-refractivity contribution in [3.8, 4) is 0 Å². The fourth-order valence-corrected chi connectivity index (χ4v) is 4.80. The maximum atomic E-state index is 13.1. The molecule has 0 bridgehead atoms. The van der Waals surface area contributed by atoms with Crippen molar-refractivity contribution in [1.29, 1.82) is 0 Å². The molecule has 1 aromatic rings. The van der Waals surface area contributed by atoms with Crippen molar-refractivity contribution in [2.24, 2.45) is 5.92 Å². The van der Waals surface area contributed by atoms with Crippen molar-refractivity contribution in [1.82, 2.24) is 15.2 Å². The molecule has 2 amide bonds. The van der Waals surface area contributed by atoms with Crippen LogP contribution in [0.15, 0.2) is 35.4 Å². The third kappa shape index (κ3) is 4.89. The lowest BCUT2D eigenvalue weighted by atomic mass is 9.94. The van der Waals surface area contributed by atoms with Crippen LogP contribution >= 0.6 is 11.3 Å². The third-order valence-electron chi connectivity index (χ3n) is 5.61. The minimum atomic E-state index is -0.367. The number of nitrogens with zero attached hydrogens (tertiary/aromatic N) is 2. The van der Waals surface area contributed by atoms with Crippen LogP contribution in [0.2, 0.25) is 0 Å². The highest BCUT2D eigenvalue weighted by molar-refractivity contribution is 7.09. The number of aromatic nitrogens is 1. The molecule has 4 unspecified atom stereocenters. The third-order valence-corrected chi connectivity index (χ3v) is 6.50. The molecule has 4 atom stereocenters. The Kier molecular flexibility index (Phi) is 7.39. The predicted molar refractivity (Wildman–Crippen MR) is 110 cm³/mol. The highest BCUT2D eigenvalue weighted by atomic mass is 32.1. The summed E-state index contributed by atoms with van der Waals surface area (Å²) < 4.78 is 5.67. The first-order valence-corrected chi connectivity index (χ1v) is 10.8. The van der Waals surface area contributed by atoms with Crippen LogP contribution in [0.25, 0.3) is 0 Å². The number of hydrogen-bond acceptors (Lipinski definition) is 5. The number of rotatable bonds is 9. The van der Waals surface area contributed by atoms with E-state index in [2.05, 4.69) is 28.5 Å². The summed E-state index contributed by atoms with van der Waals surface area (Å²) in [5.41, 5.74) is 1.23. The lowest BCUT2D eigenvalue weighted by Crippen LogP contribution is -2.48. The molecular formula is C21H29N3O3S. The van der Waals surface area contributed by atoms with Crippen LogP contribution in [0.4, 0.5) is 0 Å². The highest BCUT2D eigenvalue weighted by Crippen LogP contribution is 2.28. The molecule has 1 aliphatic carbocycles. The number of methoxy groups -OCH3 is 1.